The quantitative estimate of drug-likeness (QED) is 0.205. The van der Waals surface area contributed by atoms with E-state index in [1.54, 1.807) is 24.9 Å². The molecule has 1 saturated carbocycles. The molecule has 3 aromatic rings. The van der Waals surface area contributed by atoms with Crippen LogP contribution in [0.2, 0.25) is 0 Å². The Bertz CT molecular complexity index is 1370. The van der Waals surface area contributed by atoms with Crippen molar-refractivity contribution < 1.29 is 19.1 Å². The summed E-state index contributed by atoms with van der Waals surface area (Å²) in [4.78, 5) is 30.1. The molecule has 9 heteroatoms. The minimum Gasteiger partial charge on any atom is -0.512 e. The van der Waals surface area contributed by atoms with Gasteiger partial charge < -0.3 is 20.0 Å². The van der Waals surface area contributed by atoms with Crippen molar-refractivity contribution in [2.75, 3.05) is 0 Å². The van der Waals surface area contributed by atoms with Crippen LogP contribution in [-0.4, -0.2) is 37.5 Å². The lowest BCUT2D eigenvalue weighted by molar-refractivity contribution is -0.167. The van der Waals surface area contributed by atoms with Crippen molar-refractivity contribution in [3.05, 3.63) is 71.1 Å². The summed E-state index contributed by atoms with van der Waals surface area (Å²) in [5.74, 6) is 0.680. The molecule has 2 aromatic heterocycles. The predicted molar refractivity (Wildman–Crippen MR) is 147 cm³/mol. The van der Waals surface area contributed by atoms with Crippen molar-refractivity contribution in [1.82, 2.24) is 15.0 Å². The maximum absolute atomic E-state index is 13.3. The molecule has 9 nitrogen and oxygen atoms in total. The number of aliphatic hydroxyl groups excluding tert-OH is 1. The number of nitrogens with two attached hydrogens (primary N) is 1. The van der Waals surface area contributed by atoms with E-state index >= 15 is 0 Å². The lowest BCUT2D eigenvalue weighted by Gasteiger charge is -2.42. The number of aliphatic hydroxyl groups is 1. The molecule has 0 saturated heterocycles. The van der Waals surface area contributed by atoms with E-state index in [0.717, 1.165) is 60.8 Å². The zero-order valence-electron chi connectivity index (χ0n) is 22.5. The number of amidine groups is 1. The summed E-state index contributed by atoms with van der Waals surface area (Å²) in [6.45, 7) is 3.99. The second-order valence-electron chi connectivity index (χ2n) is 10.6. The summed E-state index contributed by atoms with van der Waals surface area (Å²) >= 11 is 0. The largest absolute Gasteiger partial charge is 0.512 e. The average Bonchev–Trinajstić information content (AvgIpc) is 3.66. The third-order valence-electron chi connectivity index (χ3n) is 7.88. The van der Waals surface area contributed by atoms with Crippen LogP contribution in [0.15, 0.2) is 63.8 Å². The first-order chi connectivity index (χ1) is 18.9. The zero-order chi connectivity index (χ0) is 27.4. The molecule has 1 unspecified atom stereocenters. The van der Waals surface area contributed by atoms with Crippen LogP contribution in [0.4, 0.5) is 5.95 Å². The molecule has 1 fully saturated rings. The number of nitrogens with zero attached hydrogens (tertiary/aromatic N) is 4. The molecule has 3 heterocycles. The Balaban J connectivity index is 1.35. The van der Waals surface area contributed by atoms with Crippen LogP contribution in [0.5, 0.6) is 0 Å². The molecule has 1 atom stereocenters. The smallest absolute Gasteiger partial charge is 0.338 e. The topological polar surface area (TPSA) is 137 Å². The van der Waals surface area contributed by atoms with Gasteiger partial charge in [-0.25, -0.2) is 19.7 Å². The van der Waals surface area contributed by atoms with Crippen molar-refractivity contribution in [3.8, 4) is 11.5 Å². The van der Waals surface area contributed by atoms with E-state index in [1.165, 1.54) is 0 Å². The Labute approximate surface area is 228 Å². The maximum atomic E-state index is 13.3. The van der Waals surface area contributed by atoms with Crippen molar-refractivity contribution in [2.45, 2.75) is 77.2 Å². The average molecular weight is 530 g/mol. The number of aliphatic imine (C=N–C) groups is 1. The Morgan fingerprint density at radius 2 is 1.97 bits per heavy atom. The first-order valence-corrected chi connectivity index (χ1v) is 13.6. The molecule has 39 heavy (non-hydrogen) atoms. The Hall–Kier alpha value is -4.01. The second kappa shape index (κ2) is 11.4. The van der Waals surface area contributed by atoms with Gasteiger partial charge in [0, 0.05) is 30.8 Å². The Kier molecular flexibility index (Phi) is 7.77. The van der Waals surface area contributed by atoms with Crippen LogP contribution in [0.3, 0.4) is 0 Å². The van der Waals surface area contributed by atoms with E-state index in [4.69, 9.17) is 14.9 Å². The number of aromatic nitrogens is 3. The highest BCUT2D eigenvalue weighted by Gasteiger charge is 2.48. The number of hydrogen-bond donors (Lipinski definition) is 2. The number of cyclic esters (lactones) is 1. The molecule has 0 spiro atoms. The molecule has 0 bridgehead atoms. The van der Waals surface area contributed by atoms with Crippen LogP contribution in [0.1, 0.15) is 68.6 Å². The van der Waals surface area contributed by atoms with Gasteiger partial charge in [-0.2, -0.15) is 4.99 Å². The standard InChI is InChI=1S/C30H35N5O4/c1-3-21-14-20(8-9-23(21)27-32-12-13-38-27)10-11-30(22-6-4-5-7-22)16-25(36)24(28(37)39-30)15-26(31)35-29-33-17-19(2)18-34-29/h8-9,12-14,17-18,22,36H,3-7,10-11,15-16H2,1-2H3,(H2,31,33,34,35). The molecule has 3 N–H and O–H groups in total. The monoisotopic (exact) mass is 529 g/mol. The minimum absolute atomic E-state index is 0.0230. The van der Waals surface area contributed by atoms with Gasteiger partial charge in [0.1, 0.15) is 23.5 Å². The molecule has 1 aliphatic heterocycles. The van der Waals surface area contributed by atoms with Gasteiger partial charge in [-0.3, -0.25) is 0 Å². The van der Waals surface area contributed by atoms with Crippen LogP contribution < -0.4 is 5.73 Å². The first kappa shape index (κ1) is 26.6. The third kappa shape index (κ3) is 5.87. The van der Waals surface area contributed by atoms with E-state index in [1.807, 2.05) is 13.0 Å². The van der Waals surface area contributed by atoms with Gasteiger partial charge in [-0.1, -0.05) is 31.9 Å². The normalized spacial score (nSPS) is 20.5. The summed E-state index contributed by atoms with van der Waals surface area (Å²) in [5, 5.41) is 11.1. The molecule has 1 aliphatic carbocycles. The number of esters is 1. The molecule has 1 aromatic carbocycles. The summed E-state index contributed by atoms with van der Waals surface area (Å²) in [6.07, 6.45) is 13.1. The van der Waals surface area contributed by atoms with E-state index in [0.29, 0.717) is 12.3 Å². The fraction of sp³-hybridized carbons (Fsp3) is 0.433. The number of benzene rings is 1. The highest BCUT2D eigenvalue weighted by Crippen LogP contribution is 2.46. The van der Waals surface area contributed by atoms with E-state index in [-0.39, 0.29) is 41.9 Å². The van der Waals surface area contributed by atoms with Crippen LogP contribution in [-0.2, 0) is 22.4 Å². The van der Waals surface area contributed by atoms with E-state index in [2.05, 4.69) is 39.0 Å². The molecule has 204 valence electrons. The molecule has 0 amide bonds. The van der Waals surface area contributed by atoms with Crippen LogP contribution in [0.25, 0.3) is 11.5 Å². The van der Waals surface area contributed by atoms with Gasteiger partial charge in [0.2, 0.25) is 5.89 Å². The highest BCUT2D eigenvalue weighted by molar-refractivity contribution is 5.98. The fourth-order valence-electron chi connectivity index (χ4n) is 5.80. The summed E-state index contributed by atoms with van der Waals surface area (Å²) in [7, 11) is 0. The zero-order valence-corrected chi connectivity index (χ0v) is 22.5. The van der Waals surface area contributed by atoms with Gasteiger partial charge >= 0.3 is 5.97 Å². The number of aryl methyl sites for hydroxylation is 3. The number of ether oxygens (including phenoxy) is 1. The Morgan fingerprint density at radius 1 is 1.21 bits per heavy atom. The number of carbonyl (C=O) groups excluding carboxylic acids is 1. The molecule has 2 aliphatic rings. The summed E-state index contributed by atoms with van der Waals surface area (Å²) < 4.78 is 11.8. The molecular formula is C30H35N5O4. The minimum atomic E-state index is -0.749. The van der Waals surface area contributed by atoms with E-state index < -0.39 is 11.6 Å². The maximum Gasteiger partial charge on any atom is 0.338 e. The number of hydrogen-bond acceptors (Lipinski definition) is 8. The van der Waals surface area contributed by atoms with Crippen LogP contribution >= 0.6 is 0 Å². The van der Waals surface area contributed by atoms with Gasteiger partial charge in [-0.05, 0) is 67.7 Å². The third-order valence-corrected chi connectivity index (χ3v) is 7.88. The Morgan fingerprint density at radius 3 is 2.64 bits per heavy atom. The molecule has 0 radical (unpaired) electrons. The van der Waals surface area contributed by atoms with Crippen molar-refractivity contribution in [3.63, 3.8) is 0 Å². The van der Waals surface area contributed by atoms with Crippen molar-refractivity contribution in [2.24, 2.45) is 16.6 Å². The highest BCUT2D eigenvalue weighted by atomic mass is 16.6. The van der Waals surface area contributed by atoms with E-state index in [9.17, 15) is 9.90 Å². The van der Waals surface area contributed by atoms with Crippen molar-refractivity contribution >= 4 is 17.8 Å². The van der Waals surface area contributed by atoms with Gasteiger partial charge in [0.05, 0.1) is 11.8 Å². The van der Waals surface area contributed by atoms with Gasteiger partial charge in [-0.15, -0.1) is 0 Å². The summed E-state index contributed by atoms with van der Waals surface area (Å²) in [6, 6.07) is 6.31. The predicted octanol–water partition coefficient (Wildman–Crippen LogP) is 5.70. The molecular weight excluding hydrogens is 494 g/mol. The lowest BCUT2D eigenvalue weighted by Crippen LogP contribution is -2.46. The first-order valence-electron chi connectivity index (χ1n) is 13.6. The SMILES string of the molecule is CCc1cc(CCC2(C3CCCC3)CC(O)=C(CC(N)=Nc3ncc(C)cn3)C(=O)O2)ccc1-c1ncco1. The van der Waals surface area contributed by atoms with Gasteiger partial charge in [0.15, 0.2) is 0 Å². The van der Waals surface area contributed by atoms with Crippen LogP contribution in [0, 0.1) is 12.8 Å². The fourth-order valence-corrected chi connectivity index (χ4v) is 5.80. The number of oxazole rings is 1. The molecule has 5 rings (SSSR count). The lowest BCUT2D eigenvalue weighted by atomic mass is 9.76. The number of rotatable bonds is 9. The number of carbonyl (C=O) groups is 1. The summed E-state index contributed by atoms with van der Waals surface area (Å²) in [5.41, 5.74) is 9.71. The van der Waals surface area contributed by atoms with Gasteiger partial charge in [0.25, 0.3) is 5.95 Å². The van der Waals surface area contributed by atoms with Crippen molar-refractivity contribution in [1.29, 1.82) is 0 Å². The second-order valence-corrected chi connectivity index (χ2v) is 10.6.